The van der Waals surface area contributed by atoms with Crippen LogP contribution in [-0.4, -0.2) is 0 Å². The molecule has 3 heteroatoms. The molecule has 0 bridgehead atoms. The van der Waals surface area contributed by atoms with Gasteiger partial charge >= 0.3 is 0 Å². The van der Waals surface area contributed by atoms with Crippen LogP contribution < -0.4 is 4.90 Å². The van der Waals surface area contributed by atoms with Crippen molar-refractivity contribution in [2.75, 3.05) is 4.90 Å². The quantitative estimate of drug-likeness (QED) is 0.157. The van der Waals surface area contributed by atoms with Gasteiger partial charge in [-0.1, -0.05) is 158 Å². The summed E-state index contributed by atoms with van der Waals surface area (Å²) in [4.78, 5) is 2.35. The summed E-state index contributed by atoms with van der Waals surface area (Å²) in [5, 5.41) is 11.9. The van der Waals surface area contributed by atoms with Crippen molar-refractivity contribution in [3.63, 3.8) is 0 Å². The molecule has 0 aliphatic carbocycles. The minimum atomic E-state index is 0.892. The van der Waals surface area contributed by atoms with Crippen LogP contribution in [0.1, 0.15) is 0 Å². The normalized spacial score (nSPS) is 11.8. The molecule has 0 N–H and O–H groups in total. The van der Waals surface area contributed by atoms with Crippen molar-refractivity contribution in [2.45, 2.75) is 0 Å². The van der Waals surface area contributed by atoms with Gasteiger partial charge < -0.3 is 13.7 Å². The molecule has 0 aliphatic heterocycles. The average molecular weight is 804 g/mol. The van der Waals surface area contributed by atoms with Crippen LogP contribution in [0, 0.1) is 0 Å². The molecule has 0 saturated carbocycles. The number of hydrogen-bond acceptors (Lipinski definition) is 3. The maximum atomic E-state index is 6.56. The predicted octanol–water partition coefficient (Wildman–Crippen LogP) is 17.4. The van der Waals surface area contributed by atoms with Gasteiger partial charge in [0.2, 0.25) is 0 Å². The SMILES string of the molecule is c1ccc2c(c1)cc(-c1ccc(N(c3ccc(-c4cccc5oc6ccccc6c45)cc3)c3ccc(-c4cccc5oc6c7ccccc7ccc6c45)cc3)cc1)c1ccccc12. The number of furan rings is 2. The molecule has 0 radical (unpaired) electrons. The van der Waals surface area contributed by atoms with E-state index in [0.29, 0.717) is 0 Å². The number of anilines is 3. The van der Waals surface area contributed by atoms with Crippen LogP contribution in [0.25, 0.3) is 110 Å². The molecule has 0 atom stereocenters. The monoisotopic (exact) mass is 803 g/mol. The first-order valence-corrected chi connectivity index (χ1v) is 21.5. The summed E-state index contributed by atoms with van der Waals surface area (Å²) >= 11 is 0. The van der Waals surface area contributed by atoms with E-state index in [1.165, 1.54) is 38.1 Å². The lowest BCUT2D eigenvalue weighted by Crippen LogP contribution is -2.09. The van der Waals surface area contributed by atoms with Crippen LogP contribution >= 0.6 is 0 Å². The molecule has 0 fully saturated rings. The summed E-state index contributed by atoms with van der Waals surface area (Å²) in [6.07, 6.45) is 0. The minimum Gasteiger partial charge on any atom is -0.456 e. The Labute approximate surface area is 363 Å². The van der Waals surface area contributed by atoms with Crippen LogP contribution in [0.5, 0.6) is 0 Å². The lowest BCUT2D eigenvalue weighted by molar-refractivity contribution is 0.669. The van der Waals surface area contributed by atoms with Gasteiger partial charge in [0.05, 0.1) is 0 Å². The zero-order chi connectivity index (χ0) is 41.4. The molecule has 3 nitrogen and oxygen atoms in total. The van der Waals surface area contributed by atoms with Crippen molar-refractivity contribution >= 4 is 93.3 Å². The molecular weight excluding hydrogens is 767 g/mol. The van der Waals surface area contributed by atoms with Crippen molar-refractivity contribution < 1.29 is 8.83 Å². The molecular formula is C60H37NO2. The van der Waals surface area contributed by atoms with E-state index >= 15 is 0 Å². The van der Waals surface area contributed by atoms with Crippen molar-refractivity contribution in [3.8, 4) is 33.4 Å². The average Bonchev–Trinajstić information content (AvgIpc) is 3.94. The summed E-state index contributed by atoms with van der Waals surface area (Å²) in [6.45, 7) is 0. The van der Waals surface area contributed by atoms with E-state index in [1.807, 2.05) is 12.1 Å². The van der Waals surface area contributed by atoms with Gasteiger partial charge in [-0.2, -0.15) is 0 Å². The number of hydrogen-bond donors (Lipinski definition) is 0. The fraction of sp³-hybridized carbons (Fsp3) is 0. The summed E-state index contributed by atoms with van der Waals surface area (Å²) in [5.41, 5.74) is 13.8. The minimum absolute atomic E-state index is 0.892. The van der Waals surface area contributed by atoms with E-state index < -0.39 is 0 Å². The van der Waals surface area contributed by atoms with Gasteiger partial charge in [0, 0.05) is 44.0 Å². The molecule has 2 aromatic heterocycles. The smallest absolute Gasteiger partial charge is 0.143 e. The first-order valence-electron chi connectivity index (χ1n) is 21.5. The molecule has 0 aliphatic rings. The maximum Gasteiger partial charge on any atom is 0.143 e. The van der Waals surface area contributed by atoms with E-state index in [4.69, 9.17) is 8.83 Å². The summed E-state index contributed by atoms with van der Waals surface area (Å²) in [5.74, 6) is 0. The highest BCUT2D eigenvalue weighted by molar-refractivity contribution is 6.19. The number of benzene rings is 11. The fourth-order valence-electron chi connectivity index (χ4n) is 9.92. The van der Waals surface area contributed by atoms with E-state index in [1.54, 1.807) is 0 Å². The van der Waals surface area contributed by atoms with E-state index in [2.05, 4.69) is 217 Å². The van der Waals surface area contributed by atoms with Crippen molar-refractivity contribution in [1.82, 2.24) is 0 Å². The highest BCUT2D eigenvalue weighted by atomic mass is 16.3. The third-order valence-electron chi connectivity index (χ3n) is 12.9. The summed E-state index contributed by atoms with van der Waals surface area (Å²) in [6, 6.07) is 80.5. The standard InChI is InChI=1S/C60H37NO2/c1-4-14-49-38(11-1)29-36-53-59-48(19-10-22-57(59)63-60(49)53)40-25-32-44(33-26-40)61(43-30-23-39(24-31-43)47-18-9-21-56-58(47)52-17-7-8-20-55(52)62-56)45-34-27-41(28-35-45)54-37-42-12-2-3-13-46(42)50-15-5-6-16-51(50)54/h1-37H. The van der Waals surface area contributed by atoms with Gasteiger partial charge in [-0.15, -0.1) is 0 Å². The van der Waals surface area contributed by atoms with Crippen LogP contribution in [0.3, 0.4) is 0 Å². The molecule has 13 rings (SSSR count). The summed E-state index contributed by atoms with van der Waals surface area (Å²) < 4.78 is 12.8. The zero-order valence-corrected chi connectivity index (χ0v) is 34.1. The number of rotatable bonds is 6. The zero-order valence-electron chi connectivity index (χ0n) is 34.1. The van der Waals surface area contributed by atoms with Crippen LogP contribution in [-0.2, 0) is 0 Å². The predicted molar refractivity (Wildman–Crippen MR) is 265 cm³/mol. The highest BCUT2D eigenvalue weighted by Gasteiger charge is 2.19. The molecule has 294 valence electrons. The van der Waals surface area contributed by atoms with Crippen LogP contribution in [0.15, 0.2) is 233 Å². The first-order chi connectivity index (χ1) is 31.2. The van der Waals surface area contributed by atoms with Gasteiger partial charge in [-0.3, -0.25) is 0 Å². The second-order valence-corrected chi connectivity index (χ2v) is 16.4. The number of nitrogens with zero attached hydrogens (tertiary/aromatic N) is 1. The van der Waals surface area contributed by atoms with Gasteiger partial charge in [0.25, 0.3) is 0 Å². The second kappa shape index (κ2) is 14.1. The van der Waals surface area contributed by atoms with Gasteiger partial charge in [-0.25, -0.2) is 0 Å². The first kappa shape index (κ1) is 35.4. The molecule has 0 spiro atoms. The summed E-state index contributed by atoms with van der Waals surface area (Å²) in [7, 11) is 0. The molecule has 63 heavy (non-hydrogen) atoms. The number of fused-ring (bicyclic) bond motifs is 11. The van der Waals surface area contributed by atoms with E-state index in [9.17, 15) is 0 Å². The Hall–Kier alpha value is -8.40. The third-order valence-corrected chi connectivity index (χ3v) is 12.9. The molecule has 11 aromatic carbocycles. The molecule has 13 aromatic rings. The lowest BCUT2D eigenvalue weighted by atomic mass is 9.93. The van der Waals surface area contributed by atoms with Gasteiger partial charge in [0.1, 0.15) is 22.3 Å². The van der Waals surface area contributed by atoms with E-state index in [0.717, 1.165) is 88.6 Å². The molecule has 0 unspecified atom stereocenters. The molecule has 0 amide bonds. The fourth-order valence-corrected chi connectivity index (χ4v) is 9.92. The van der Waals surface area contributed by atoms with Crippen molar-refractivity contribution in [1.29, 1.82) is 0 Å². The topological polar surface area (TPSA) is 29.5 Å². The largest absolute Gasteiger partial charge is 0.456 e. The third kappa shape index (κ3) is 5.67. The Morgan fingerprint density at radius 1 is 0.270 bits per heavy atom. The van der Waals surface area contributed by atoms with Crippen molar-refractivity contribution in [3.05, 3.63) is 224 Å². The Kier molecular flexibility index (Phi) is 7.91. The molecule has 2 heterocycles. The Morgan fingerprint density at radius 3 is 1.40 bits per heavy atom. The Morgan fingerprint density at radius 2 is 0.746 bits per heavy atom. The van der Waals surface area contributed by atoms with E-state index in [-0.39, 0.29) is 0 Å². The lowest BCUT2D eigenvalue weighted by Gasteiger charge is -2.26. The Bertz CT molecular complexity index is 3890. The molecule has 0 saturated heterocycles. The highest BCUT2D eigenvalue weighted by Crippen LogP contribution is 2.44. The van der Waals surface area contributed by atoms with Crippen LogP contribution in [0.2, 0.25) is 0 Å². The maximum absolute atomic E-state index is 6.56. The van der Waals surface area contributed by atoms with Gasteiger partial charge in [-0.05, 0) is 127 Å². The van der Waals surface area contributed by atoms with Gasteiger partial charge in [0.15, 0.2) is 0 Å². The number of para-hydroxylation sites is 1. The Balaban J connectivity index is 0.931. The second-order valence-electron chi connectivity index (χ2n) is 16.4. The van der Waals surface area contributed by atoms with Crippen LogP contribution in [0.4, 0.5) is 17.1 Å². The van der Waals surface area contributed by atoms with Crippen molar-refractivity contribution in [2.24, 2.45) is 0 Å².